The molecule has 3 fully saturated rings. The molecule has 0 aromatic heterocycles. The third kappa shape index (κ3) is 3.95. The first-order valence-electron chi connectivity index (χ1n) is 8.72. The zero-order chi connectivity index (χ0) is 13.1. The van der Waals surface area contributed by atoms with Gasteiger partial charge in [0, 0.05) is 19.1 Å². The van der Waals surface area contributed by atoms with Crippen molar-refractivity contribution in [3.8, 4) is 0 Å². The molecular weight excluding hydrogens is 232 g/mol. The predicted octanol–water partition coefficient (Wildman–Crippen LogP) is 3.42. The lowest BCUT2D eigenvalue weighted by Crippen LogP contribution is -2.43. The number of nitrogens with one attached hydrogen (secondary N) is 1. The lowest BCUT2D eigenvalue weighted by Gasteiger charge is -2.35. The van der Waals surface area contributed by atoms with Crippen LogP contribution in [0.2, 0.25) is 0 Å². The van der Waals surface area contributed by atoms with Crippen LogP contribution in [0.5, 0.6) is 0 Å². The van der Waals surface area contributed by atoms with E-state index in [1.807, 2.05) is 0 Å². The fraction of sp³-hybridized carbons (Fsp3) is 1.00. The van der Waals surface area contributed by atoms with Gasteiger partial charge in [-0.25, -0.2) is 0 Å². The Morgan fingerprint density at radius 3 is 2.53 bits per heavy atom. The van der Waals surface area contributed by atoms with Crippen molar-refractivity contribution in [2.45, 2.75) is 70.8 Å². The molecule has 0 amide bonds. The third-order valence-electron chi connectivity index (χ3n) is 5.68. The van der Waals surface area contributed by atoms with Crippen molar-refractivity contribution in [2.24, 2.45) is 11.3 Å². The quantitative estimate of drug-likeness (QED) is 0.818. The van der Waals surface area contributed by atoms with Gasteiger partial charge in [0.05, 0.1) is 0 Å². The Morgan fingerprint density at radius 1 is 1.00 bits per heavy atom. The van der Waals surface area contributed by atoms with Crippen molar-refractivity contribution in [3.63, 3.8) is 0 Å². The van der Waals surface area contributed by atoms with Crippen LogP contribution in [-0.4, -0.2) is 37.1 Å². The van der Waals surface area contributed by atoms with Gasteiger partial charge in [0.2, 0.25) is 0 Å². The SMILES string of the molecule is CC1CCCN(CC2(CNC3CC3)CCCC2)CC1. The first-order valence-corrected chi connectivity index (χ1v) is 8.72. The van der Waals surface area contributed by atoms with Crippen LogP contribution in [0.3, 0.4) is 0 Å². The smallest absolute Gasteiger partial charge is 0.00684 e. The normalized spacial score (nSPS) is 32.4. The molecule has 1 aliphatic heterocycles. The van der Waals surface area contributed by atoms with Crippen molar-refractivity contribution in [2.75, 3.05) is 26.2 Å². The van der Waals surface area contributed by atoms with Gasteiger partial charge in [0.1, 0.15) is 0 Å². The van der Waals surface area contributed by atoms with E-state index in [0.29, 0.717) is 5.41 Å². The molecule has 1 heterocycles. The molecule has 2 aliphatic carbocycles. The standard InChI is InChI=1S/C17H32N2/c1-15-5-4-11-19(12-8-15)14-17(9-2-3-10-17)13-18-16-6-7-16/h15-16,18H,2-14H2,1H3. The van der Waals surface area contributed by atoms with Gasteiger partial charge in [0.25, 0.3) is 0 Å². The third-order valence-corrected chi connectivity index (χ3v) is 5.68. The summed E-state index contributed by atoms with van der Waals surface area (Å²) in [5.74, 6) is 0.953. The highest BCUT2D eigenvalue weighted by Gasteiger charge is 2.37. The summed E-state index contributed by atoms with van der Waals surface area (Å²) in [4.78, 5) is 2.80. The fourth-order valence-corrected chi connectivity index (χ4v) is 4.12. The van der Waals surface area contributed by atoms with Crippen LogP contribution >= 0.6 is 0 Å². The molecule has 19 heavy (non-hydrogen) atoms. The Hall–Kier alpha value is -0.0800. The van der Waals surface area contributed by atoms with Crippen molar-refractivity contribution >= 4 is 0 Å². The topological polar surface area (TPSA) is 15.3 Å². The van der Waals surface area contributed by atoms with Crippen molar-refractivity contribution in [1.82, 2.24) is 10.2 Å². The summed E-state index contributed by atoms with van der Waals surface area (Å²) < 4.78 is 0. The highest BCUT2D eigenvalue weighted by Crippen LogP contribution is 2.39. The van der Waals surface area contributed by atoms with Gasteiger partial charge in [-0.3, -0.25) is 0 Å². The second-order valence-electron chi connectivity index (χ2n) is 7.67. The molecule has 0 aromatic rings. The molecule has 3 rings (SSSR count). The zero-order valence-electron chi connectivity index (χ0n) is 12.8. The van der Waals surface area contributed by atoms with E-state index in [1.54, 1.807) is 0 Å². The molecule has 2 heteroatoms. The monoisotopic (exact) mass is 264 g/mol. The summed E-state index contributed by atoms with van der Waals surface area (Å²) in [5, 5.41) is 3.83. The van der Waals surface area contributed by atoms with Gasteiger partial charge < -0.3 is 10.2 Å². The lowest BCUT2D eigenvalue weighted by molar-refractivity contribution is 0.151. The van der Waals surface area contributed by atoms with Crippen LogP contribution in [0, 0.1) is 11.3 Å². The minimum absolute atomic E-state index is 0.621. The summed E-state index contributed by atoms with van der Waals surface area (Å²) in [6.45, 7) is 7.81. The van der Waals surface area contributed by atoms with E-state index in [9.17, 15) is 0 Å². The van der Waals surface area contributed by atoms with E-state index in [2.05, 4.69) is 17.1 Å². The first-order chi connectivity index (χ1) is 9.26. The maximum atomic E-state index is 3.83. The Bertz CT molecular complexity index is 279. The lowest BCUT2D eigenvalue weighted by atomic mass is 9.85. The molecule has 3 aliphatic rings. The second-order valence-corrected chi connectivity index (χ2v) is 7.67. The zero-order valence-corrected chi connectivity index (χ0v) is 12.8. The summed E-state index contributed by atoms with van der Waals surface area (Å²) in [7, 11) is 0. The molecule has 0 aromatic carbocycles. The van der Waals surface area contributed by atoms with Crippen LogP contribution in [0.25, 0.3) is 0 Å². The molecular formula is C17H32N2. The van der Waals surface area contributed by atoms with E-state index in [-0.39, 0.29) is 0 Å². The van der Waals surface area contributed by atoms with Crippen LogP contribution < -0.4 is 5.32 Å². The van der Waals surface area contributed by atoms with E-state index >= 15 is 0 Å². The second kappa shape index (κ2) is 6.13. The number of hydrogen-bond acceptors (Lipinski definition) is 2. The summed E-state index contributed by atoms with van der Waals surface area (Å²) >= 11 is 0. The van der Waals surface area contributed by atoms with Crippen LogP contribution in [0.4, 0.5) is 0 Å². The van der Waals surface area contributed by atoms with E-state index in [1.165, 1.54) is 84.0 Å². The average molecular weight is 264 g/mol. The largest absolute Gasteiger partial charge is 0.313 e. The minimum Gasteiger partial charge on any atom is -0.313 e. The molecule has 1 atom stereocenters. The Labute approximate surface area is 119 Å². The number of likely N-dealkylation sites (tertiary alicyclic amines) is 1. The molecule has 0 bridgehead atoms. The molecule has 1 saturated heterocycles. The number of nitrogens with zero attached hydrogens (tertiary/aromatic N) is 1. The summed E-state index contributed by atoms with van der Waals surface area (Å²) in [5.41, 5.74) is 0.621. The van der Waals surface area contributed by atoms with Gasteiger partial charge in [-0.2, -0.15) is 0 Å². The maximum Gasteiger partial charge on any atom is 0.00684 e. The van der Waals surface area contributed by atoms with Gasteiger partial charge in [-0.15, -0.1) is 0 Å². The highest BCUT2D eigenvalue weighted by atomic mass is 15.1. The van der Waals surface area contributed by atoms with Gasteiger partial charge in [0.15, 0.2) is 0 Å². The van der Waals surface area contributed by atoms with E-state index < -0.39 is 0 Å². The molecule has 1 unspecified atom stereocenters. The molecule has 0 spiro atoms. The molecule has 2 saturated carbocycles. The van der Waals surface area contributed by atoms with Crippen LogP contribution in [-0.2, 0) is 0 Å². The van der Waals surface area contributed by atoms with E-state index in [0.717, 1.165) is 12.0 Å². The van der Waals surface area contributed by atoms with Gasteiger partial charge in [-0.05, 0) is 69.4 Å². The van der Waals surface area contributed by atoms with Gasteiger partial charge in [-0.1, -0.05) is 19.8 Å². The van der Waals surface area contributed by atoms with Crippen LogP contribution in [0.1, 0.15) is 64.7 Å². The molecule has 110 valence electrons. The van der Waals surface area contributed by atoms with Crippen LogP contribution in [0.15, 0.2) is 0 Å². The van der Waals surface area contributed by atoms with Crippen molar-refractivity contribution in [3.05, 3.63) is 0 Å². The van der Waals surface area contributed by atoms with Crippen molar-refractivity contribution in [1.29, 1.82) is 0 Å². The summed E-state index contributed by atoms with van der Waals surface area (Å²) in [6.07, 6.45) is 13.0. The fourth-order valence-electron chi connectivity index (χ4n) is 4.12. The van der Waals surface area contributed by atoms with E-state index in [4.69, 9.17) is 0 Å². The Balaban J connectivity index is 1.53. The predicted molar refractivity (Wildman–Crippen MR) is 81.4 cm³/mol. The molecule has 2 nitrogen and oxygen atoms in total. The Kier molecular flexibility index (Phi) is 4.48. The molecule has 0 radical (unpaired) electrons. The maximum absolute atomic E-state index is 3.83. The average Bonchev–Trinajstić information content (AvgIpc) is 3.16. The van der Waals surface area contributed by atoms with Gasteiger partial charge >= 0.3 is 0 Å². The van der Waals surface area contributed by atoms with Crippen molar-refractivity contribution < 1.29 is 0 Å². The Morgan fingerprint density at radius 2 is 1.79 bits per heavy atom. The number of hydrogen-bond donors (Lipinski definition) is 1. The molecule has 1 N–H and O–H groups in total. The highest BCUT2D eigenvalue weighted by molar-refractivity contribution is 4.93. The number of rotatable bonds is 5. The summed E-state index contributed by atoms with van der Waals surface area (Å²) in [6, 6.07) is 0.877. The minimum atomic E-state index is 0.621. The first kappa shape index (κ1) is 13.9.